The average Bonchev–Trinajstić information content (AvgIpc) is 3.09. The topological polar surface area (TPSA) is 114 Å². The van der Waals surface area contributed by atoms with Crippen molar-refractivity contribution < 1.29 is 14.5 Å². The van der Waals surface area contributed by atoms with Gasteiger partial charge in [0.15, 0.2) is 4.34 Å². The van der Waals surface area contributed by atoms with Crippen LogP contribution in [0.15, 0.2) is 52.9 Å². The standard InChI is InChI=1S/C17H14N4O4S2/c22-15(8-9-26-17-18-13-6-1-2-7-14(13)27-17)19-20-16(23)11-4-3-5-12(10-11)21(24)25/h1-7,10H,8-9H2,(H,19,22)(H,20,23). The maximum absolute atomic E-state index is 12.0. The molecule has 0 atom stereocenters. The van der Waals surface area contributed by atoms with Crippen LogP contribution in [0.4, 0.5) is 5.69 Å². The Morgan fingerprint density at radius 2 is 1.96 bits per heavy atom. The van der Waals surface area contributed by atoms with Crippen molar-refractivity contribution in [2.45, 2.75) is 10.8 Å². The molecule has 0 bridgehead atoms. The number of benzene rings is 2. The molecule has 0 fully saturated rings. The third-order valence-electron chi connectivity index (χ3n) is 3.46. The number of thioether (sulfide) groups is 1. The lowest BCUT2D eigenvalue weighted by atomic mass is 10.2. The number of carbonyl (C=O) groups excluding carboxylic acids is 2. The third kappa shape index (κ3) is 5.02. The van der Waals surface area contributed by atoms with Gasteiger partial charge in [0, 0.05) is 29.9 Å². The first-order valence-corrected chi connectivity index (χ1v) is 9.65. The number of nitro benzene ring substituents is 1. The van der Waals surface area contributed by atoms with E-state index in [2.05, 4.69) is 15.8 Å². The number of nitrogens with one attached hydrogen (secondary N) is 2. The molecule has 10 heteroatoms. The van der Waals surface area contributed by atoms with Crippen LogP contribution in [-0.2, 0) is 4.79 Å². The highest BCUT2D eigenvalue weighted by Gasteiger charge is 2.12. The molecule has 2 amide bonds. The van der Waals surface area contributed by atoms with Crippen molar-refractivity contribution in [3.05, 3.63) is 64.2 Å². The summed E-state index contributed by atoms with van der Waals surface area (Å²) < 4.78 is 1.97. The predicted molar refractivity (Wildman–Crippen MR) is 104 cm³/mol. The van der Waals surface area contributed by atoms with Crippen LogP contribution in [0.5, 0.6) is 0 Å². The summed E-state index contributed by atoms with van der Waals surface area (Å²) in [4.78, 5) is 38.4. The van der Waals surface area contributed by atoms with Crippen LogP contribution in [0, 0.1) is 10.1 Å². The van der Waals surface area contributed by atoms with Crippen LogP contribution in [-0.4, -0.2) is 27.5 Å². The summed E-state index contributed by atoms with van der Waals surface area (Å²) in [6, 6.07) is 13.1. The fourth-order valence-corrected chi connectivity index (χ4v) is 4.24. The van der Waals surface area contributed by atoms with Gasteiger partial charge >= 0.3 is 0 Å². The summed E-state index contributed by atoms with van der Waals surface area (Å²) in [5, 5.41) is 10.7. The van der Waals surface area contributed by atoms with Crippen LogP contribution < -0.4 is 10.9 Å². The van der Waals surface area contributed by atoms with E-state index in [0.717, 1.165) is 20.6 Å². The minimum absolute atomic E-state index is 0.0911. The minimum atomic E-state index is -0.620. The number of para-hydroxylation sites is 1. The lowest BCUT2D eigenvalue weighted by molar-refractivity contribution is -0.384. The summed E-state index contributed by atoms with van der Waals surface area (Å²) in [6.45, 7) is 0. The van der Waals surface area contributed by atoms with Gasteiger partial charge in [0.2, 0.25) is 5.91 Å². The molecule has 0 radical (unpaired) electrons. The molecular weight excluding hydrogens is 388 g/mol. The van der Waals surface area contributed by atoms with Crippen LogP contribution in [0.2, 0.25) is 0 Å². The maximum Gasteiger partial charge on any atom is 0.270 e. The minimum Gasteiger partial charge on any atom is -0.273 e. The summed E-state index contributed by atoms with van der Waals surface area (Å²) >= 11 is 3.03. The summed E-state index contributed by atoms with van der Waals surface area (Å²) in [5.41, 5.74) is 5.38. The molecule has 3 aromatic rings. The smallest absolute Gasteiger partial charge is 0.270 e. The average molecular weight is 402 g/mol. The highest BCUT2D eigenvalue weighted by atomic mass is 32.2. The number of hydrogen-bond donors (Lipinski definition) is 2. The van der Waals surface area contributed by atoms with Gasteiger partial charge < -0.3 is 0 Å². The molecule has 1 heterocycles. The van der Waals surface area contributed by atoms with E-state index in [1.807, 2.05) is 24.3 Å². The number of non-ortho nitro benzene ring substituents is 1. The number of carbonyl (C=O) groups is 2. The number of thiazole rings is 1. The monoisotopic (exact) mass is 402 g/mol. The van der Waals surface area contributed by atoms with Gasteiger partial charge in [-0.25, -0.2) is 4.98 Å². The Morgan fingerprint density at radius 1 is 1.15 bits per heavy atom. The summed E-state index contributed by atoms with van der Waals surface area (Å²) in [5.74, 6) is -0.466. The van der Waals surface area contributed by atoms with Crippen LogP contribution in [0.1, 0.15) is 16.8 Å². The first kappa shape index (κ1) is 18.8. The van der Waals surface area contributed by atoms with Crippen molar-refractivity contribution in [2.24, 2.45) is 0 Å². The number of aromatic nitrogens is 1. The van der Waals surface area contributed by atoms with Crippen LogP contribution in [0.25, 0.3) is 10.2 Å². The quantitative estimate of drug-likeness (QED) is 0.372. The Bertz CT molecular complexity index is 972. The molecule has 0 unspecified atom stereocenters. The van der Waals surface area contributed by atoms with Crippen molar-refractivity contribution in [2.75, 3.05) is 5.75 Å². The van der Waals surface area contributed by atoms with Gasteiger partial charge in [-0.15, -0.1) is 11.3 Å². The molecule has 0 aliphatic carbocycles. The first-order chi connectivity index (χ1) is 13.0. The zero-order chi connectivity index (χ0) is 19.2. The van der Waals surface area contributed by atoms with E-state index >= 15 is 0 Å². The molecule has 27 heavy (non-hydrogen) atoms. The van der Waals surface area contributed by atoms with Crippen LogP contribution >= 0.6 is 23.1 Å². The van der Waals surface area contributed by atoms with E-state index in [1.165, 1.54) is 30.0 Å². The Kier molecular flexibility index (Phi) is 5.99. The van der Waals surface area contributed by atoms with Gasteiger partial charge in [0.05, 0.1) is 15.1 Å². The molecule has 1 aromatic heterocycles. The van der Waals surface area contributed by atoms with Crippen molar-refractivity contribution in [3.8, 4) is 0 Å². The summed E-state index contributed by atoms with van der Waals surface area (Å²) in [6.07, 6.45) is 0.190. The Hall–Kier alpha value is -2.98. The lowest BCUT2D eigenvalue weighted by Gasteiger charge is -2.07. The molecule has 0 saturated carbocycles. The molecular formula is C17H14N4O4S2. The van der Waals surface area contributed by atoms with E-state index in [-0.39, 0.29) is 23.6 Å². The number of hydrogen-bond acceptors (Lipinski definition) is 7. The second kappa shape index (κ2) is 8.60. The van der Waals surface area contributed by atoms with Gasteiger partial charge in [-0.05, 0) is 18.2 Å². The normalized spacial score (nSPS) is 10.5. The lowest BCUT2D eigenvalue weighted by Crippen LogP contribution is -2.41. The highest BCUT2D eigenvalue weighted by molar-refractivity contribution is 8.01. The number of rotatable bonds is 6. The van der Waals surface area contributed by atoms with E-state index < -0.39 is 10.8 Å². The van der Waals surface area contributed by atoms with E-state index in [0.29, 0.717) is 5.75 Å². The largest absolute Gasteiger partial charge is 0.273 e. The second-order valence-electron chi connectivity index (χ2n) is 5.36. The molecule has 0 spiro atoms. The molecule has 138 valence electrons. The van der Waals surface area contributed by atoms with Gasteiger partial charge in [0.1, 0.15) is 0 Å². The molecule has 0 aliphatic heterocycles. The molecule has 3 rings (SSSR count). The number of nitrogens with zero attached hydrogens (tertiary/aromatic N) is 2. The van der Waals surface area contributed by atoms with Gasteiger partial charge in [-0.1, -0.05) is 30.0 Å². The van der Waals surface area contributed by atoms with Gasteiger partial charge in [-0.2, -0.15) is 0 Å². The Balaban J connectivity index is 1.44. The number of hydrazine groups is 1. The van der Waals surface area contributed by atoms with Gasteiger partial charge in [-0.3, -0.25) is 30.6 Å². The number of amides is 2. The molecule has 8 nitrogen and oxygen atoms in total. The van der Waals surface area contributed by atoms with Crippen LogP contribution in [0.3, 0.4) is 0 Å². The van der Waals surface area contributed by atoms with Crippen molar-refractivity contribution in [1.82, 2.24) is 15.8 Å². The Labute approximate surface area is 162 Å². The molecule has 2 N–H and O–H groups in total. The Morgan fingerprint density at radius 3 is 2.74 bits per heavy atom. The molecule has 0 aliphatic rings. The van der Waals surface area contributed by atoms with Gasteiger partial charge in [0.25, 0.3) is 11.6 Å². The SMILES string of the molecule is O=C(CCSc1nc2ccccc2s1)NNC(=O)c1cccc([N+](=O)[O-])c1. The zero-order valence-corrected chi connectivity index (χ0v) is 15.5. The first-order valence-electron chi connectivity index (χ1n) is 7.85. The fourth-order valence-electron chi connectivity index (χ4n) is 2.17. The fraction of sp³-hybridized carbons (Fsp3) is 0.118. The molecule has 0 saturated heterocycles. The third-order valence-corrected chi connectivity index (χ3v) is 5.64. The van der Waals surface area contributed by atoms with E-state index in [9.17, 15) is 19.7 Å². The number of fused-ring (bicyclic) bond motifs is 1. The van der Waals surface area contributed by atoms with E-state index in [1.54, 1.807) is 11.3 Å². The predicted octanol–water partition coefficient (Wildman–Crippen LogP) is 3.15. The van der Waals surface area contributed by atoms with E-state index in [4.69, 9.17) is 0 Å². The number of nitro groups is 1. The van der Waals surface area contributed by atoms with Crippen molar-refractivity contribution in [3.63, 3.8) is 0 Å². The summed E-state index contributed by atoms with van der Waals surface area (Å²) in [7, 11) is 0. The highest BCUT2D eigenvalue weighted by Crippen LogP contribution is 2.29. The van der Waals surface area contributed by atoms with Crippen molar-refractivity contribution in [1.29, 1.82) is 0 Å². The zero-order valence-electron chi connectivity index (χ0n) is 13.9. The second-order valence-corrected chi connectivity index (χ2v) is 7.73. The molecule has 2 aromatic carbocycles. The van der Waals surface area contributed by atoms with Crippen molar-refractivity contribution >= 4 is 50.8 Å². The maximum atomic E-state index is 12.0.